The second-order valence-electron chi connectivity index (χ2n) is 6.95. The van der Waals surface area contributed by atoms with E-state index in [1.807, 2.05) is 24.3 Å². The summed E-state index contributed by atoms with van der Waals surface area (Å²) in [7, 11) is 0. The Kier molecular flexibility index (Phi) is 5.70. The standard InChI is InChI=1S/C21H22ClN3O3/c1-3-5-14-8-10-15(11-9-14)21(2)19(27)25(20(28)24-21)13-18(26)23-17-7-4-6-16(22)12-17/h4,6-12H,3,5,13H2,1-2H3,(H,23,26)(H,24,28)/t21-/m0/s1. The number of halogens is 1. The number of anilines is 1. The van der Waals surface area contributed by atoms with Crippen LogP contribution in [-0.4, -0.2) is 29.3 Å². The van der Waals surface area contributed by atoms with Crippen LogP contribution in [-0.2, 0) is 21.5 Å². The maximum absolute atomic E-state index is 12.9. The number of aryl methyl sites for hydroxylation is 1. The molecular weight excluding hydrogens is 378 g/mol. The molecule has 0 unspecified atom stereocenters. The molecule has 4 amide bonds. The molecule has 0 radical (unpaired) electrons. The fourth-order valence-electron chi connectivity index (χ4n) is 3.24. The molecule has 2 aromatic rings. The van der Waals surface area contributed by atoms with Gasteiger partial charge in [-0.25, -0.2) is 4.79 Å². The van der Waals surface area contributed by atoms with Crippen LogP contribution in [0.15, 0.2) is 48.5 Å². The van der Waals surface area contributed by atoms with Crippen molar-refractivity contribution in [3.8, 4) is 0 Å². The SMILES string of the molecule is CCCc1ccc([C@]2(C)NC(=O)N(CC(=O)Nc3cccc(Cl)c3)C2=O)cc1. The average Bonchev–Trinajstić information content (AvgIpc) is 2.86. The average molecular weight is 400 g/mol. The van der Waals surface area contributed by atoms with E-state index < -0.39 is 23.4 Å². The highest BCUT2D eigenvalue weighted by Crippen LogP contribution is 2.29. The van der Waals surface area contributed by atoms with Gasteiger partial charge in [0.2, 0.25) is 5.91 Å². The topological polar surface area (TPSA) is 78.5 Å². The summed E-state index contributed by atoms with van der Waals surface area (Å²) in [4.78, 5) is 38.5. The minimum absolute atomic E-state index is 0.374. The van der Waals surface area contributed by atoms with Gasteiger partial charge in [0.1, 0.15) is 12.1 Å². The lowest BCUT2D eigenvalue weighted by Crippen LogP contribution is -2.42. The first kappa shape index (κ1) is 19.9. The van der Waals surface area contributed by atoms with Crippen molar-refractivity contribution < 1.29 is 14.4 Å². The van der Waals surface area contributed by atoms with Gasteiger partial charge in [0.25, 0.3) is 5.91 Å². The van der Waals surface area contributed by atoms with Crippen LogP contribution < -0.4 is 10.6 Å². The van der Waals surface area contributed by atoms with Gasteiger partial charge in [0, 0.05) is 10.7 Å². The zero-order valence-corrected chi connectivity index (χ0v) is 16.5. The molecule has 1 aliphatic heterocycles. The number of rotatable bonds is 6. The Morgan fingerprint density at radius 2 is 1.89 bits per heavy atom. The molecule has 0 saturated carbocycles. The van der Waals surface area contributed by atoms with Crippen LogP contribution in [0.25, 0.3) is 0 Å². The molecule has 28 heavy (non-hydrogen) atoms. The minimum atomic E-state index is -1.20. The third-order valence-electron chi connectivity index (χ3n) is 4.76. The third kappa shape index (κ3) is 4.02. The summed E-state index contributed by atoms with van der Waals surface area (Å²) < 4.78 is 0. The predicted molar refractivity (Wildman–Crippen MR) is 108 cm³/mol. The molecule has 1 aliphatic rings. The summed E-state index contributed by atoms with van der Waals surface area (Å²) in [5.74, 6) is -0.935. The van der Waals surface area contributed by atoms with E-state index >= 15 is 0 Å². The van der Waals surface area contributed by atoms with Crippen molar-refractivity contribution in [3.05, 3.63) is 64.7 Å². The van der Waals surface area contributed by atoms with Crippen molar-refractivity contribution in [3.63, 3.8) is 0 Å². The van der Waals surface area contributed by atoms with Crippen molar-refractivity contribution in [2.45, 2.75) is 32.2 Å². The fraction of sp³-hybridized carbons (Fsp3) is 0.286. The van der Waals surface area contributed by atoms with Crippen LogP contribution in [0.5, 0.6) is 0 Å². The van der Waals surface area contributed by atoms with Crippen LogP contribution in [0.2, 0.25) is 5.02 Å². The van der Waals surface area contributed by atoms with E-state index in [-0.39, 0.29) is 6.54 Å². The number of nitrogens with one attached hydrogen (secondary N) is 2. The molecule has 0 aromatic heterocycles. The van der Waals surface area contributed by atoms with Gasteiger partial charge >= 0.3 is 6.03 Å². The molecular formula is C21H22ClN3O3. The van der Waals surface area contributed by atoms with Crippen molar-refractivity contribution in [1.82, 2.24) is 10.2 Å². The van der Waals surface area contributed by atoms with Crippen molar-refractivity contribution in [1.29, 1.82) is 0 Å². The minimum Gasteiger partial charge on any atom is -0.324 e. The quantitative estimate of drug-likeness (QED) is 0.727. The fourth-order valence-corrected chi connectivity index (χ4v) is 3.43. The monoisotopic (exact) mass is 399 g/mol. The lowest BCUT2D eigenvalue weighted by molar-refractivity contribution is -0.133. The molecule has 3 rings (SSSR count). The summed E-state index contributed by atoms with van der Waals surface area (Å²) in [6.45, 7) is 3.37. The summed E-state index contributed by atoms with van der Waals surface area (Å²) >= 11 is 5.90. The van der Waals surface area contributed by atoms with Gasteiger partial charge in [-0.1, -0.05) is 55.3 Å². The Hall–Kier alpha value is -2.86. The van der Waals surface area contributed by atoms with Gasteiger partial charge in [0.15, 0.2) is 0 Å². The second-order valence-corrected chi connectivity index (χ2v) is 7.39. The Morgan fingerprint density at radius 1 is 1.18 bits per heavy atom. The molecule has 146 valence electrons. The lowest BCUT2D eigenvalue weighted by atomic mass is 9.91. The smallest absolute Gasteiger partial charge is 0.324 e. The number of carbonyl (C=O) groups is 3. The van der Waals surface area contributed by atoms with Gasteiger partial charge in [-0.2, -0.15) is 0 Å². The Morgan fingerprint density at radius 3 is 2.54 bits per heavy atom. The highest BCUT2D eigenvalue weighted by atomic mass is 35.5. The molecule has 1 saturated heterocycles. The van der Waals surface area contributed by atoms with Gasteiger partial charge in [-0.05, 0) is 42.7 Å². The summed E-state index contributed by atoms with van der Waals surface area (Å²) in [5.41, 5.74) is 1.16. The van der Waals surface area contributed by atoms with Crippen LogP contribution in [0.4, 0.5) is 10.5 Å². The zero-order valence-electron chi connectivity index (χ0n) is 15.8. The number of amides is 4. The van der Waals surface area contributed by atoms with Crippen molar-refractivity contribution in [2.24, 2.45) is 0 Å². The van der Waals surface area contributed by atoms with E-state index in [1.54, 1.807) is 31.2 Å². The Balaban J connectivity index is 1.72. The van der Waals surface area contributed by atoms with Crippen LogP contribution in [0, 0.1) is 0 Å². The highest BCUT2D eigenvalue weighted by Gasteiger charge is 2.49. The van der Waals surface area contributed by atoms with E-state index in [2.05, 4.69) is 17.6 Å². The summed E-state index contributed by atoms with van der Waals surface area (Å²) in [6, 6.07) is 13.7. The van der Waals surface area contributed by atoms with Gasteiger partial charge in [-0.3, -0.25) is 14.5 Å². The Bertz CT molecular complexity index is 913. The van der Waals surface area contributed by atoms with E-state index in [1.165, 1.54) is 5.56 Å². The number of nitrogens with zero attached hydrogens (tertiary/aromatic N) is 1. The first-order valence-corrected chi connectivity index (χ1v) is 9.50. The zero-order chi connectivity index (χ0) is 20.3. The largest absolute Gasteiger partial charge is 0.325 e. The predicted octanol–water partition coefficient (Wildman–Crippen LogP) is 3.70. The molecule has 1 atom stereocenters. The van der Waals surface area contributed by atoms with E-state index in [0.717, 1.165) is 17.7 Å². The molecule has 0 aliphatic carbocycles. The molecule has 6 nitrogen and oxygen atoms in total. The first-order chi connectivity index (χ1) is 13.3. The van der Waals surface area contributed by atoms with Crippen LogP contribution >= 0.6 is 11.6 Å². The van der Waals surface area contributed by atoms with Crippen molar-refractivity contribution >= 4 is 35.1 Å². The molecule has 1 fully saturated rings. The maximum atomic E-state index is 12.9. The number of benzene rings is 2. The molecule has 0 spiro atoms. The van der Waals surface area contributed by atoms with Crippen LogP contribution in [0.1, 0.15) is 31.4 Å². The van der Waals surface area contributed by atoms with E-state index in [0.29, 0.717) is 16.3 Å². The second kappa shape index (κ2) is 8.02. The van der Waals surface area contributed by atoms with Crippen LogP contribution in [0.3, 0.4) is 0 Å². The number of hydrogen-bond donors (Lipinski definition) is 2. The lowest BCUT2D eigenvalue weighted by Gasteiger charge is -2.22. The number of imide groups is 1. The third-order valence-corrected chi connectivity index (χ3v) is 4.99. The normalized spacial score (nSPS) is 18.9. The molecule has 1 heterocycles. The molecule has 7 heteroatoms. The highest BCUT2D eigenvalue weighted by molar-refractivity contribution is 6.30. The van der Waals surface area contributed by atoms with Gasteiger partial charge < -0.3 is 10.6 Å². The Labute approximate surface area is 168 Å². The van der Waals surface area contributed by atoms with E-state index in [4.69, 9.17) is 11.6 Å². The number of carbonyl (C=O) groups excluding carboxylic acids is 3. The maximum Gasteiger partial charge on any atom is 0.325 e. The summed E-state index contributed by atoms with van der Waals surface area (Å²) in [5, 5.41) is 5.83. The summed E-state index contributed by atoms with van der Waals surface area (Å²) in [6.07, 6.45) is 1.98. The molecule has 2 aromatic carbocycles. The molecule has 0 bridgehead atoms. The molecule has 2 N–H and O–H groups in total. The first-order valence-electron chi connectivity index (χ1n) is 9.12. The number of urea groups is 1. The van der Waals surface area contributed by atoms with E-state index in [9.17, 15) is 14.4 Å². The number of hydrogen-bond acceptors (Lipinski definition) is 3. The van der Waals surface area contributed by atoms with Gasteiger partial charge in [0.05, 0.1) is 0 Å². The van der Waals surface area contributed by atoms with Gasteiger partial charge in [-0.15, -0.1) is 0 Å². The van der Waals surface area contributed by atoms with Crippen molar-refractivity contribution in [2.75, 3.05) is 11.9 Å².